The van der Waals surface area contributed by atoms with E-state index in [9.17, 15) is 4.79 Å². The Hall–Kier alpha value is -1.36. The van der Waals surface area contributed by atoms with Crippen molar-refractivity contribution in [2.24, 2.45) is 0 Å². The van der Waals surface area contributed by atoms with E-state index in [4.69, 9.17) is 9.84 Å². The molecule has 1 saturated heterocycles. The van der Waals surface area contributed by atoms with Gasteiger partial charge in [0.15, 0.2) is 5.69 Å². The van der Waals surface area contributed by atoms with Crippen LogP contribution in [0.5, 0.6) is 0 Å². The fourth-order valence-electron chi connectivity index (χ4n) is 3.43. The molecule has 5 nitrogen and oxygen atoms in total. The van der Waals surface area contributed by atoms with Crippen LogP contribution in [0.25, 0.3) is 0 Å². The Morgan fingerprint density at radius 3 is 2.89 bits per heavy atom. The maximum Gasteiger partial charge on any atom is 0.356 e. The highest BCUT2D eigenvalue weighted by molar-refractivity contribution is 5.85. The highest BCUT2D eigenvalue weighted by Gasteiger charge is 2.39. The van der Waals surface area contributed by atoms with Crippen LogP contribution in [0.3, 0.4) is 0 Å². The third-order valence-corrected chi connectivity index (χ3v) is 4.43. The molecule has 0 radical (unpaired) electrons. The molecular formula is C14H20N2O3. The van der Waals surface area contributed by atoms with Crippen molar-refractivity contribution >= 4 is 5.97 Å². The molecule has 5 heteroatoms. The number of carbonyl (C=O) groups is 1. The van der Waals surface area contributed by atoms with Crippen LogP contribution in [0.1, 0.15) is 61.5 Å². The molecule has 2 aliphatic rings. The van der Waals surface area contributed by atoms with Crippen molar-refractivity contribution < 1.29 is 14.6 Å². The number of carboxylic acids is 1. The van der Waals surface area contributed by atoms with Crippen LogP contribution in [0.15, 0.2) is 12.3 Å². The first-order valence-electron chi connectivity index (χ1n) is 7.11. The molecule has 2 heterocycles. The van der Waals surface area contributed by atoms with Gasteiger partial charge in [-0.3, -0.25) is 4.68 Å². The number of hydrogen-bond donors (Lipinski definition) is 1. The normalized spacial score (nSPS) is 26.4. The molecule has 104 valence electrons. The Balaban J connectivity index is 1.75. The largest absolute Gasteiger partial charge is 0.476 e. The van der Waals surface area contributed by atoms with Crippen molar-refractivity contribution in [3.05, 3.63) is 18.0 Å². The van der Waals surface area contributed by atoms with E-state index in [0.717, 1.165) is 32.3 Å². The lowest BCUT2D eigenvalue weighted by Gasteiger charge is -2.43. The summed E-state index contributed by atoms with van der Waals surface area (Å²) in [6, 6.07) is 1.85. The average molecular weight is 264 g/mol. The SMILES string of the molecule is O=C(O)c1ccn(C2CCOC3(CCCCC3)C2)n1. The number of aromatic carboxylic acids is 1. The molecule has 0 amide bonds. The van der Waals surface area contributed by atoms with Gasteiger partial charge in [0.05, 0.1) is 11.6 Å². The van der Waals surface area contributed by atoms with Crippen molar-refractivity contribution in [1.82, 2.24) is 9.78 Å². The summed E-state index contributed by atoms with van der Waals surface area (Å²) in [5.74, 6) is -0.960. The third-order valence-electron chi connectivity index (χ3n) is 4.43. The highest BCUT2D eigenvalue weighted by Crippen LogP contribution is 2.42. The summed E-state index contributed by atoms with van der Waals surface area (Å²) in [6.07, 6.45) is 9.73. The van der Waals surface area contributed by atoms with Gasteiger partial charge in [0.1, 0.15) is 0 Å². The van der Waals surface area contributed by atoms with Gasteiger partial charge >= 0.3 is 5.97 Å². The number of carboxylic acid groups (broad SMARTS) is 1. The summed E-state index contributed by atoms with van der Waals surface area (Å²) in [5, 5.41) is 13.1. The van der Waals surface area contributed by atoms with E-state index in [1.165, 1.54) is 19.3 Å². The second-order valence-electron chi connectivity index (χ2n) is 5.72. The van der Waals surface area contributed by atoms with Gasteiger partial charge < -0.3 is 9.84 Å². The van der Waals surface area contributed by atoms with E-state index in [1.807, 2.05) is 4.68 Å². The summed E-state index contributed by atoms with van der Waals surface area (Å²) in [4.78, 5) is 10.9. The Morgan fingerprint density at radius 2 is 2.21 bits per heavy atom. The quantitative estimate of drug-likeness (QED) is 0.891. The number of hydrogen-bond acceptors (Lipinski definition) is 3. The van der Waals surface area contributed by atoms with Gasteiger partial charge in [-0.1, -0.05) is 19.3 Å². The van der Waals surface area contributed by atoms with Crippen molar-refractivity contribution in [2.75, 3.05) is 6.61 Å². The predicted molar refractivity (Wildman–Crippen MR) is 69.2 cm³/mol. The summed E-state index contributed by atoms with van der Waals surface area (Å²) in [7, 11) is 0. The lowest BCUT2D eigenvalue weighted by molar-refractivity contribution is -0.115. The van der Waals surface area contributed by atoms with E-state index in [-0.39, 0.29) is 17.3 Å². The predicted octanol–water partition coefficient (Wildman–Crippen LogP) is 2.64. The first kappa shape index (κ1) is 12.7. The molecule has 0 bridgehead atoms. The monoisotopic (exact) mass is 264 g/mol. The Labute approximate surface area is 112 Å². The van der Waals surface area contributed by atoms with E-state index in [1.54, 1.807) is 12.3 Å². The average Bonchev–Trinajstić information content (AvgIpc) is 2.89. The van der Waals surface area contributed by atoms with E-state index >= 15 is 0 Å². The van der Waals surface area contributed by atoms with E-state index in [2.05, 4.69) is 5.10 Å². The van der Waals surface area contributed by atoms with Crippen LogP contribution in [0.2, 0.25) is 0 Å². The number of ether oxygens (including phenoxy) is 1. The fourth-order valence-corrected chi connectivity index (χ4v) is 3.43. The second kappa shape index (κ2) is 4.96. The molecule has 19 heavy (non-hydrogen) atoms. The topological polar surface area (TPSA) is 64.3 Å². The summed E-state index contributed by atoms with van der Waals surface area (Å²) in [6.45, 7) is 0.757. The molecule has 1 N–H and O–H groups in total. The molecule has 1 saturated carbocycles. The molecule has 1 spiro atoms. The van der Waals surface area contributed by atoms with Crippen LogP contribution in [-0.4, -0.2) is 33.1 Å². The zero-order chi connectivity index (χ0) is 13.3. The standard InChI is InChI=1S/C14H20N2O3/c17-13(18)12-4-8-16(15-12)11-5-9-19-14(10-11)6-2-1-3-7-14/h4,8,11H,1-3,5-7,9-10H2,(H,17,18). The van der Waals surface area contributed by atoms with Gasteiger partial charge in [0.2, 0.25) is 0 Å². The molecule has 0 aromatic carbocycles. The van der Waals surface area contributed by atoms with Crippen molar-refractivity contribution in [1.29, 1.82) is 0 Å². The minimum absolute atomic E-state index is 0.0243. The van der Waals surface area contributed by atoms with Crippen molar-refractivity contribution in [3.63, 3.8) is 0 Å². The smallest absolute Gasteiger partial charge is 0.356 e. The van der Waals surface area contributed by atoms with Crippen LogP contribution < -0.4 is 0 Å². The highest BCUT2D eigenvalue weighted by atomic mass is 16.5. The molecule has 1 aromatic rings. The molecule has 2 fully saturated rings. The Kier molecular flexibility index (Phi) is 3.31. The minimum Gasteiger partial charge on any atom is -0.476 e. The molecule has 1 aliphatic carbocycles. The molecule has 1 atom stereocenters. The van der Waals surface area contributed by atoms with Gasteiger partial charge in [0, 0.05) is 12.8 Å². The van der Waals surface area contributed by atoms with Gasteiger partial charge in [0.25, 0.3) is 0 Å². The Morgan fingerprint density at radius 1 is 1.42 bits per heavy atom. The van der Waals surface area contributed by atoms with E-state index < -0.39 is 5.97 Å². The van der Waals surface area contributed by atoms with Crippen molar-refractivity contribution in [3.8, 4) is 0 Å². The van der Waals surface area contributed by atoms with E-state index in [0.29, 0.717) is 0 Å². The van der Waals surface area contributed by atoms with Crippen molar-refractivity contribution in [2.45, 2.75) is 56.6 Å². The maximum atomic E-state index is 10.9. The number of nitrogens with zero attached hydrogens (tertiary/aromatic N) is 2. The summed E-state index contributed by atoms with van der Waals surface area (Å²) < 4.78 is 7.88. The molecule has 1 aromatic heterocycles. The van der Waals surface area contributed by atoms with Gasteiger partial charge in [-0.15, -0.1) is 0 Å². The lowest BCUT2D eigenvalue weighted by Crippen LogP contribution is -2.42. The molecular weight excluding hydrogens is 244 g/mol. The molecule has 1 aliphatic heterocycles. The Bertz CT molecular complexity index is 458. The second-order valence-corrected chi connectivity index (χ2v) is 5.72. The molecule has 1 unspecified atom stereocenters. The van der Waals surface area contributed by atoms with Crippen LogP contribution in [0, 0.1) is 0 Å². The third kappa shape index (κ3) is 2.52. The fraction of sp³-hybridized carbons (Fsp3) is 0.714. The van der Waals surface area contributed by atoms with Gasteiger partial charge in [-0.2, -0.15) is 5.10 Å². The van der Waals surface area contributed by atoms with Crippen LogP contribution >= 0.6 is 0 Å². The maximum absolute atomic E-state index is 10.9. The van der Waals surface area contributed by atoms with Crippen LogP contribution in [0.4, 0.5) is 0 Å². The first-order valence-corrected chi connectivity index (χ1v) is 7.11. The zero-order valence-corrected chi connectivity index (χ0v) is 11.0. The lowest BCUT2D eigenvalue weighted by atomic mass is 9.78. The summed E-state index contributed by atoms with van der Waals surface area (Å²) >= 11 is 0. The zero-order valence-electron chi connectivity index (χ0n) is 11.0. The molecule has 3 rings (SSSR count). The van der Waals surface area contributed by atoms with Crippen LogP contribution in [-0.2, 0) is 4.74 Å². The first-order chi connectivity index (χ1) is 9.19. The minimum atomic E-state index is -0.960. The summed E-state index contributed by atoms with van der Waals surface area (Å²) in [5.41, 5.74) is 0.153. The van der Waals surface area contributed by atoms with Gasteiger partial charge in [-0.25, -0.2) is 4.79 Å². The number of rotatable bonds is 2. The number of aromatic nitrogens is 2. The van der Waals surface area contributed by atoms with Gasteiger partial charge in [-0.05, 0) is 31.7 Å².